The molecule has 0 aliphatic rings. The number of aryl methyl sites for hydroxylation is 1. The molecule has 0 spiro atoms. The molecule has 0 bridgehead atoms. The van der Waals surface area contributed by atoms with Crippen molar-refractivity contribution in [1.29, 1.82) is 5.26 Å². The summed E-state index contributed by atoms with van der Waals surface area (Å²) in [5.41, 5.74) is 1.39. The van der Waals surface area contributed by atoms with Crippen molar-refractivity contribution in [1.82, 2.24) is 9.97 Å². The molecule has 1 rings (SSSR count). The van der Waals surface area contributed by atoms with Gasteiger partial charge in [0.1, 0.15) is 12.4 Å². The quantitative estimate of drug-likeness (QED) is 0.572. The van der Waals surface area contributed by atoms with Crippen LogP contribution < -0.4 is 0 Å². The predicted molar refractivity (Wildman–Crippen MR) is 36.1 cm³/mol. The number of nitrogens with zero attached hydrogens (tertiary/aromatic N) is 3. The molecule has 0 N–H and O–H groups in total. The average molecular weight is 133 g/mol. The molecule has 0 aliphatic carbocycles. The summed E-state index contributed by atoms with van der Waals surface area (Å²) in [6.45, 7) is 1.96. The highest BCUT2D eigenvalue weighted by Gasteiger charge is 1.97. The summed E-state index contributed by atoms with van der Waals surface area (Å²) in [5, 5.41) is 8.52. The van der Waals surface area contributed by atoms with Gasteiger partial charge in [-0.2, -0.15) is 5.26 Å². The molecule has 50 valence electrons. The van der Waals surface area contributed by atoms with Gasteiger partial charge in [-0.3, -0.25) is 0 Å². The van der Waals surface area contributed by atoms with E-state index in [1.54, 1.807) is 0 Å². The molecule has 0 radical (unpaired) electrons. The standard InChI is InChI=1S/C7H7N3/c1-2-7-6(3-8)4-9-5-10-7/h4-5H,2H2,1H3. The van der Waals surface area contributed by atoms with Crippen LogP contribution in [0.5, 0.6) is 0 Å². The van der Waals surface area contributed by atoms with Crippen molar-refractivity contribution in [2.24, 2.45) is 0 Å². The van der Waals surface area contributed by atoms with Gasteiger partial charge < -0.3 is 0 Å². The van der Waals surface area contributed by atoms with Crippen LogP contribution in [0.3, 0.4) is 0 Å². The zero-order valence-corrected chi connectivity index (χ0v) is 5.70. The highest BCUT2D eigenvalue weighted by Crippen LogP contribution is 2.00. The summed E-state index contributed by atoms with van der Waals surface area (Å²) in [6, 6.07) is 2.02. The topological polar surface area (TPSA) is 49.6 Å². The second kappa shape index (κ2) is 2.92. The molecule has 3 nitrogen and oxygen atoms in total. The molecule has 10 heavy (non-hydrogen) atoms. The highest BCUT2D eigenvalue weighted by molar-refractivity contribution is 5.29. The van der Waals surface area contributed by atoms with E-state index in [1.807, 2.05) is 13.0 Å². The third kappa shape index (κ3) is 1.11. The first-order valence-corrected chi connectivity index (χ1v) is 3.07. The van der Waals surface area contributed by atoms with Gasteiger partial charge in [-0.25, -0.2) is 9.97 Å². The van der Waals surface area contributed by atoms with Gasteiger partial charge in [-0.05, 0) is 6.42 Å². The van der Waals surface area contributed by atoms with E-state index >= 15 is 0 Å². The van der Waals surface area contributed by atoms with Crippen LogP contribution in [0.2, 0.25) is 0 Å². The van der Waals surface area contributed by atoms with Crippen LogP contribution in [0.1, 0.15) is 18.2 Å². The summed E-state index contributed by atoms with van der Waals surface area (Å²) in [6.07, 6.45) is 3.77. The third-order valence-corrected chi connectivity index (χ3v) is 1.25. The lowest BCUT2D eigenvalue weighted by atomic mass is 10.2. The Morgan fingerprint density at radius 3 is 3.00 bits per heavy atom. The summed E-state index contributed by atoms with van der Waals surface area (Å²) < 4.78 is 0. The van der Waals surface area contributed by atoms with Crippen LogP contribution >= 0.6 is 0 Å². The van der Waals surface area contributed by atoms with Crippen LogP contribution in [-0.4, -0.2) is 9.97 Å². The fourth-order valence-electron chi connectivity index (χ4n) is 0.730. The highest BCUT2D eigenvalue weighted by atomic mass is 14.8. The smallest absolute Gasteiger partial charge is 0.115 e. The van der Waals surface area contributed by atoms with Gasteiger partial charge in [-0.15, -0.1) is 0 Å². The van der Waals surface area contributed by atoms with Gasteiger partial charge in [0.15, 0.2) is 0 Å². The van der Waals surface area contributed by atoms with E-state index in [2.05, 4.69) is 9.97 Å². The minimum Gasteiger partial charge on any atom is -0.243 e. The van der Waals surface area contributed by atoms with E-state index in [1.165, 1.54) is 12.5 Å². The molecule has 0 aromatic carbocycles. The molecular formula is C7H7N3. The van der Waals surface area contributed by atoms with Crippen LogP contribution in [0.4, 0.5) is 0 Å². The lowest BCUT2D eigenvalue weighted by Gasteiger charge is -1.94. The predicted octanol–water partition coefficient (Wildman–Crippen LogP) is 0.911. The summed E-state index contributed by atoms with van der Waals surface area (Å²) in [4.78, 5) is 7.66. The Hall–Kier alpha value is -1.43. The summed E-state index contributed by atoms with van der Waals surface area (Å²) in [7, 11) is 0. The minimum absolute atomic E-state index is 0.574. The Morgan fingerprint density at radius 1 is 1.70 bits per heavy atom. The lowest BCUT2D eigenvalue weighted by Crippen LogP contribution is -1.92. The largest absolute Gasteiger partial charge is 0.243 e. The molecule has 1 aromatic rings. The number of rotatable bonds is 1. The van der Waals surface area contributed by atoms with Gasteiger partial charge in [0.25, 0.3) is 0 Å². The van der Waals surface area contributed by atoms with E-state index < -0.39 is 0 Å². The van der Waals surface area contributed by atoms with E-state index in [4.69, 9.17) is 5.26 Å². The Balaban J connectivity index is 3.12. The fourth-order valence-corrected chi connectivity index (χ4v) is 0.730. The SMILES string of the molecule is CCc1ncncc1C#N. The molecule has 1 heterocycles. The van der Waals surface area contributed by atoms with Crippen molar-refractivity contribution in [2.45, 2.75) is 13.3 Å². The van der Waals surface area contributed by atoms with E-state index in [-0.39, 0.29) is 0 Å². The molecule has 0 unspecified atom stereocenters. The first-order valence-electron chi connectivity index (χ1n) is 3.07. The van der Waals surface area contributed by atoms with Gasteiger partial charge in [0.05, 0.1) is 11.3 Å². The zero-order chi connectivity index (χ0) is 7.40. The summed E-state index contributed by atoms with van der Waals surface area (Å²) >= 11 is 0. The van der Waals surface area contributed by atoms with Crippen molar-refractivity contribution in [2.75, 3.05) is 0 Å². The third-order valence-electron chi connectivity index (χ3n) is 1.25. The molecule has 3 heteroatoms. The van der Waals surface area contributed by atoms with E-state index in [0.717, 1.165) is 12.1 Å². The fraction of sp³-hybridized carbons (Fsp3) is 0.286. The van der Waals surface area contributed by atoms with Crippen LogP contribution in [-0.2, 0) is 6.42 Å². The Morgan fingerprint density at radius 2 is 2.50 bits per heavy atom. The van der Waals surface area contributed by atoms with Crippen molar-refractivity contribution in [3.05, 3.63) is 23.8 Å². The van der Waals surface area contributed by atoms with Gasteiger partial charge in [-0.1, -0.05) is 6.92 Å². The second-order valence-electron chi connectivity index (χ2n) is 1.85. The van der Waals surface area contributed by atoms with Gasteiger partial charge in [0.2, 0.25) is 0 Å². The van der Waals surface area contributed by atoms with Crippen molar-refractivity contribution < 1.29 is 0 Å². The Bertz CT molecular complexity index is 262. The zero-order valence-electron chi connectivity index (χ0n) is 5.70. The van der Waals surface area contributed by atoms with Crippen LogP contribution in [0.15, 0.2) is 12.5 Å². The van der Waals surface area contributed by atoms with E-state index in [9.17, 15) is 0 Å². The van der Waals surface area contributed by atoms with Crippen molar-refractivity contribution in [3.8, 4) is 6.07 Å². The van der Waals surface area contributed by atoms with Crippen molar-refractivity contribution >= 4 is 0 Å². The molecule has 0 amide bonds. The van der Waals surface area contributed by atoms with Gasteiger partial charge >= 0.3 is 0 Å². The second-order valence-corrected chi connectivity index (χ2v) is 1.85. The molecular weight excluding hydrogens is 126 g/mol. The molecule has 1 aromatic heterocycles. The Kier molecular flexibility index (Phi) is 1.96. The maximum absolute atomic E-state index is 8.52. The van der Waals surface area contributed by atoms with E-state index in [0.29, 0.717) is 5.56 Å². The number of hydrogen-bond donors (Lipinski definition) is 0. The normalized spacial score (nSPS) is 8.80. The number of nitriles is 1. The van der Waals surface area contributed by atoms with Crippen LogP contribution in [0.25, 0.3) is 0 Å². The van der Waals surface area contributed by atoms with Crippen LogP contribution in [0, 0.1) is 11.3 Å². The first-order chi connectivity index (χ1) is 4.88. The molecule has 0 saturated heterocycles. The number of aromatic nitrogens is 2. The van der Waals surface area contributed by atoms with Crippen molar-refractivity contribution in [3.63, 3.8) is 0 Å². The molecule has 0 saturated carbocycles. The maximum atomic E-state index is 8.52. The van der Waals surface area contributed by atoms with Gasteiger partial charge in [0, 0.05) is 6.20 Å². The maximum Gasteiger partial charge on any atom is 0.115 e. The molecule has 0 atom stereocenters. The average Bonchev–Trinajstić information content (AvgIpc) is 2.04. The Labute approximate surface area is 59.4 Å². The molecule has 0 aliphatic heterocycles. The lowest BCUT2D eigenvalue weighted by molar-refractivity contribution is 0.986. The summed E-state index contributed by atoms with van der Waals surface area (Å²) in [5.74, 6) is 0. The minimum atomic E-state index is 0.574. The molecule has 0 fully saturated rings. The monoisotopic (exact) mass is 133 g/mol. The first kappa shape index (κ1) is 6.69. The number of hydrogen-bond acceptors (Lipinski definition) is 3.